The Hall–Kier alpha value is -1.71. The fraction of sp³-hybridized carbons (Fsp3) is 0.462. The van der Waals surface area contributed by atoms with Crippen LogP contribution in [-0.4, -0.2) is 12.5 Å². The Balaban J connectivity index is 2.00. The van der Waals surface area contributed by atoms with Crippen LogP contribution in [0.15, 0.2) is 18.2 Å². The summed E-state index contributed by atoms with van der Waals surface area (Å²) in [6.07, 6.45) is 5.14. The van der Waals surface area contributed by atoms with Gasteiger partial charge in [-0.3, -0.25) is 4.79 Å². The number of rotatable bonds is 5. The van der Waals surface area contributed by atoms with Crippen molar-refractivity contribution in [3.63, 3.8) is 0 Å². The van der Waals surface area contributed by atoms with E-state index in [4.69, 9.17) is 11.5 Å². The van der Waals surface area contributed by atoms with Gasteiger partial charge in [0, 0.05) is 6.54 Å². The molecule has 0 spiro atoms. The molecule has 92 valence electrons. The highest BCUT2D eigenvalue weighted by Gasteiger charge is 2.17. The molecule has 0 saturated heterocycles. The molecule has 4 nitrogen and oxygen atoms in total. The van der Waals surface area contributed by atoms with Crippen molar-refractivity contribution in [2.24, 2.45) is 11.7 Å². The molecule has 0 radical (unpaired) electrons. The third-order valence-corrected chi connectivity index (χ3v) is 3.44. The predicted molar refractivity (Wildman–Crippen MR) is 69.8 cm³/mol. The molecule has 1 aliphatic carbocycles. The molecule has 0 heterocycles. The number of nitrogens with two attached hydrogens (primary N) is 2. The minimum Gasteiger partial charge on any atom is -0.397 e. The summed E-state index contributed by atoms with van der Waals surface area (Å²) in [6, 6.07) is 5.22. The SMILES string of the molecule is NC(=O)c1cccc(N)c1NCCC1CCC1. The molecule has 2 rings (SSSR count). The van der Waals surface area contributed by atoms with Crippen molar-refractivity contribution in [3.8, 4) is 0 Å². The van der Waals surface area contributed by atoms with Gasteiger partial charge in [0.05, 0.1) is 16.9 Å². The molecule has 4 heteroatoms. The van der Waals surface area contributed by atoms with Gasteiger partial charge in [-0.15, -0.1) is 0 Å². The first-order valence-electron chi connectivity index (χ1n) is 6.10. The van der Waals surface area contributed by atoms with Gasteiger partial charge in [0.15, 0.2) is 0 Å². The van der Waals surface area contributed by atoms with E-state index >= 15 is 0 Å². The number of para-hydroxylation sites is 1. The molecular formula is C13H19N3O. The molecule has 17 heavy (non-hydrogen) atoms. The number of nitrogen functional groups attached to an aromatic ring is 1. The van der Waals surface area contributed by atoms with E-state index < -0.39 is 5.91 Å². The summed E-state index contributed by atoms with van der Waals surface area (Å²) in [4.78, 5) is 11.3. The number of benzene rings is 1. The zero-order valence-electron chi connectivity index (χ0n) is 9.91. The third-order valence-electron chi connectivity index (χ3n) is 3.44. The van der Waals surface area contributed by atoms with E-state index in [1.165, 1.54) is 19.3 Å². The number of nitrogens with one attached hydrogen (secondary N) is 1. The molecule has 1 fully saturated rings. The number of carbonyl (C=O) groups excluding carboxylic acids is 1. The molecular weight excluding hydrogens is 214 g/mol. The van der Waals surface area contributed by atoms with Crippen molar-refractivity contribution >= 4 is 17.3 Å². The van der Waals surface area contributed by atoms with Gasteiger partial charge < -0.3 is 16.8 Å². The number of carbonyl (C=O) groups is 1. The normalized spacial score (nSPS) is 15.3. The topological polar surface area (TPSA) is 81.1 Å². The Morgan fingerprint density at radius 2 is 2.18 bits per heavy atom. The van der Waals surface area contributed by atoms with Gasteiger partial charge in [-0.25, -0.2) is 0 Å². The highest BCUT2D eigenvalue weighted by atomic mass is 16.1. The summed E-state index contributed by atoms with van der Waals surface area (Å²) in [5.41, 5.74) is 12.9. The van der Waals surface area contributed by atoms with Gasteiger partial charge in [-0.2, -0.15) is 0 Å². The Kier molecular flexibility index (Phi) is 3.52. The summed E-state index contributed by atoms with van der Waals surface area (Å²) in [5.74, 6) is 0.396. The summed E-state index contributed by atoms with van der Waals surface area (Å²) in [7, 11) is 0. The fourth-order valence-electron chi connectivity index (χ4n) is 2.16. The Morgan fingerprint density at radius 1 is 1.41 bits per heavy atom. The Labute approximate surface area is 101 Å². The van der Waals surface area contributed by atoms with Crippen LogP contribution in [0.5, 0.6) is 0 Å². The molecule has 1 aliphatic rings. The third kappa shape index (κ3) is 2.70. The van der Waals surface area contributed by atoms with Gasteiger partial charge in [0.25, 0.3) is 5.91 Å². The molecule has 1 aromatic rings. The maximum absolute atomic E-state index is 11.3. The van der Waals surface area contributed by atoms with E-state index in [0.717, 1.165) is 18.9 Å². The number of hydrogen-bond acceptors (Lipinski definition) is 3. The molecule has 5 N–H and O–H groups in total. The first kappa shape index (κ1) is 11.8. The van der Waals surface area contributed by atoms with Crippen LogP contribution in [0.4, 0.5) is 11.4 Å². The summed E-state index contributed by atoms with van der Waals surface area (Å²) >= 11 is 0. The van der Waals surface area contributed by atoms with Gasteiger partial charge in [-0.1, -0.05) is 25.3 Å². The molecule has 0 atom stereocenters. The highest BCUT2D eigenvalue weighted by Crippen LogP contribution is 2.30. The number of hydrogen-bond donors (Lipinski definition) is 3. The maximum Gasteiger partial charge on any atom is 0.250 e. The minimum absolute atomic E-state index is 0.441. The second-order valence-corrected chi connectivity index (χ2v) is 4.65. The van der Waals surface area contributed by atoms with Crippen molar-refractivity contribution in [1.29, 1.82) is 0 Å². The van der Waals surface area contributed by atoms with Crippen LogP contribution in [0.2, 0.25) is 0 Å². The smallest absolute Gasteiger partial charge is 0.250 e. The van der Waals surface area contributed by atoms with Gasteiger partial charge in [0.1, 0.15) is 0 Å². The van der Waals surface area contributed by atoms with Crippen LogP contribution >= 0.6 is 0 Å². The zero-order chi connectivity index (χ0) is 12.3. The minimum atomic E-state index is -0.441. The summed E-state index contributed by atoms with van der Waals surface area (Å²) < 4.78 is 0. The molecule has 1 saturated carbocycles. The van der Waals surface area contributed by atoms with Gasteiger partial charge in [-0.05, 0) is 24.5 Å². The lowest BCUT2D eigenvalue weighted by atomic mass is 9.83. The standard InChI is InChI=1S/C13H19N3O/c14-11-6-2-5-10(13(15)17)12(11)16-8-7-9-3-1-4-9/h2,5-6,9,16H,1,3-4,7-8,14H2,(H2,15,17). The molecule has 1 amide bonds. The van der Waals surface area contributed by atoms with E-state index in [9.17, 15) is 4.79 Å². The van der Waals surface area contributed by atoms with Crippen molar-refractivity contribution in [3.05, 3.63) is 23.8 Å². The summed E-state index contributed by atoms with van der Waals surface area (Å²) in [5, 5.41) is 3.24. The number of anilines is 2. The highest BCUT2D eigenvalue weighted by molar-refractivity contribution is 6.01. The average Bonchev–Trinajstić information content (AvgIpc) is 2.23. The zero-order valence-corrected chi connectivity index (χ0v) is 9.91. The van der Waals surface area contributed by atoms with E-state index in [-0.39, 0.29) is 0 Å². The average molecular weight is 233 g/mol. The lowest BCUT2D eigenvalue weighted by Gasteiger charge is -2.25. The van der Waals surface area contributed by atoms with Crippen LogP contribution < -0.4 is 16.8 Å². The van der Waals surface area contributed by atoms with E-state index in [1.807, 2.05) is 0 Å². The first-order chi connectivity index (χ1) is 8.18. The van der Waals surface area contributed by atoms with Crippen LogP contribution in [0, 0.1) is 5.92 Å². The lowest BCUT2D eigenvalue weighted by Crippen LogP contribution is -2.19. The molecule has 0 unspecified atom stereocenters. The van der Waals surface area contributed by atoms with Crippen molar-refractivity contribution in [2.45, 2.75) is 25.7 Å². The van der Waals surface area contributed by atoms with Crippen LogP contribution in [0.25, 0.3) is 0 Å². The Morgan fingerprint density at radius 3 is 2.76 bits per heavy atom. The van der Waals surface area contributed by atoms with Crippen LogP contribution in [0.3, 0.4) is 0 Å². The molecule has 1 aromatic carbocycles. The van der Waals surface area contributed by atoms with E-state index in [1.54, 1.807) is 18.2 Å². The van der Waals surface area contributed by atoms with Gasteiger partial charge >= 0.3 is 0 Å². The lowest BCUT2D eigenvalue weighted by molar-refractivity contribution is 0.100. The second-order valence-electron chi connectivity index (χ2n) is 4.65. The first-order valence-corrected chi connectivity index (χ1v) is 6.10. The number of primary amides is 1. The largest absolute Gasteiger partial charge is 0.397 e. The van der Waals surface area contributed by atoms with Crippen LogP contribution in [0.1, 0.15) is 36.0 Å². The predicted octanol–water partition coefficient (Wildman–Crippen LogP) is 1.97. The maximum atomic E-state index is 11.3. The second kappa shape index (κ2) is 5.08. The monoisotopic (exact) mass is 233 g/mol. The van der Waals surface area contributed by atoms with E-state index in [2.05, 4.69) is 5.32 Å². The van der Waals surface area contributed by atoms with Crippen LogP contribution in [-0.2, 0) is 0 Å². The number of amides is 1. The van der Waals surface area contributed by atoms with Crippen molar-refractivity contribution in [2.75, 3.05) is 17.6 Å². The van der Waals surface area contributed by atoms with Crippen molar-refractivity contribution in [1.82, 2.24) is 0 Å². The van der Waals surface area contributed by atoms with Gasteiger partial charge in [0.2, 0.25) is 0 Å². The van der Waals surface area contributed by atoms with Crippen molar-refractivity contribution < 1.29 is 4.79 Å². The quantitative estimate of drug-likeness (QED) is 0.680. The van der Waals surface area contributed by atoms with E-state index in [0.29, 0.717) is 16.9 Å². The fourth-order valence-corrected chi connectivity index (χ4v) is 2.16. The molecule has 0 aromatic heterocycles. The summed E-state index contributed by atoms with van der Waals surface area (Å²) in [6.45, 7) is 0.846. The Bertz CT molecular complexity index is 413. The molecule has 0 aliphatic heterocycles. The molecule has 0 bridgehead atoms.